The molecule has 0 radical (unpaired) electrons. The molecule has 0 bridgehead atoms. The fourth-order valence-corrected chi connectivity index (χ4v) is 2.74. The van der Waals surface area contributed by atoms with E-state index in [-0.39, 0.29) is 18.9 Å². The molecule has 0 fully saturated rings. The van der Waals surface area contributed by atoms with Gasteiger partial charge in [-0.1, -0.05) is 24.3 Å². The van der Waals surface area contributed by atoms with Crippen LogP contribution < -0.4 is 4.72 Å². The molecule has 0 saturated heterocycles. The van der Waals surface area contributed by atoms with E-state index < -0.39 is 10.0 Å². The summed E-state index contributed by atoms with van der Waals surface area (Å²) in [5.74, 6) is 0.0238. The van der Waals surface area contributed by atoms with Gasteiger partial charge < -0.3 is 5.11 Å². The van der Waals surface area contributed by atoms with Crippen molar-refractivity contribution >= 4 is 10.0 Å². The Balaban J connectivity index is 2.49. The lowest BCUT2D eigenvalue weighted by atomic mass is 10.1. The summed E-state index contributed by atoms with van der Waals surface area (Å²) in [7, 11) is -3.33. The smallest absolute Gasteiger partial charge is 0.211 e. The summed E-state index contributed by atoms with van der Waals surface area (Å²) < 4.78 is 25.9. The lowest BCUT2D eigenvalue weighted by Gasteiger charge is -2.09. The molecule has 0 unspecified atom stereocenters. The predicted molar refractivity (Wildman–Crippen MR) is 72.5 cm³/mol. The zero-order valence-electron chi connectivity index (χ0n) is 10.7. The Bertz CT molecular complexity index is 535. The third-order valence-corrected chi connectivity index (χ3v) is 4.13. The van der Waals surface area contributed by atoms with Crippen LogP contribution in [0.25, 0.3) is 0 Å². The van der Waals surface area contributed by atoms with Crippen molar-refractivity contribution in [2.45, 2.75) is 32.4 Å². The molecular weight excluding hydrogens is 264 g/mol. The number of nitrogens with one attached hydrogen (secondary N) is 1. The van der Waals surface area contributed by atoms with Crippen molar-refractivity contribution in [3.05, 3.63) is 35.4 Å². The number of unbranched alkanes of at least 4 members (excludes halogenated alkanes) is 2. The summed E-state index contributed by atoms with van der Waals surface area (Å²) in [4.78, 5) is 0. The Morgan fingerprint density at radius 2 is 1.89 bits per heavy atom. The summed E-state index contributed by atoms with van der Waals surface area (Å²) in [5.41, 5.74) is 1.49. The average Bonchev–Trinajstić information content (AvgIpc) is 2.42. The topological polar surface area (TPSA) is 90.2 Å². The largest absolute Gasteiger partial charge is 0.392 e. The Labute approximate surface area is 113 Å². The maximum Gasteiger partial charge on any atom is 0.211 e. The van der Waals surface area contributed by atoms with Gasteiger partial charge in [-0.15, -0.1) is 0 Å². The molecule has 0 heterocycles. The van der Waals surface area contributed by atoms with Crippen molar-refractivity contribution < 1.29 is 13.5 Å². The molecule has 1 aromatic rings. The van der Waals surface area contributed by atoms with Crippen LogP contribution in [0.5, 0.6) is 0 Å². The predicted octanol–water partition coefficient (Wildman–Crippen LogP) is 1.29. The first-order valence-corrected chi connectivity index (χ1v) is 7.76. The number of aliphatic hydroxyl groups is 1. The van der Waals surface area contributed by atoms with Crippen LogP contribution in [0.15, 0.2) is 24.3 Å². The van der Waals surface area contributed by atoms with Gasteiger partial charge in [-0.2, -0.15) is 5.26 Å². The van der Waals surface area contributed by atoms with Gasteiger partial charge in [0.25, 0.3) is 0 Å². The second kappa shape index (κ2) is 7.89. The first-order chi connectivity index (χ1) is 9.09. The molecule has 1 aromatic carbocycles. The summed E-state index contributed by atoms with van der Waals surface area (Å²) in [6.45, 7) is 0.0669. The van der Waals surface area contributed by atoms with Crippen molar-refractivity contribution in [2.75, 3.05) is 5.75 Å². The van der Waals surface area contributed by atoms with E-state index in [1.807, 2.05) is 6.07 Å². The number of benzene rings is 1. The molecule has 0 aromatic heterocycles. The zero-order chi connectivity index (χ0) is 14.1. The van der Waals surface area contributed by atoms with Crippen molar-refractivity contribution in [3.63, 3.8) is 0 Å². The highest BCUT2D eigenvalue weighted by molar-refractivity contribution is 7.89. The third-order valence-electron chi connectivity index (χ3n) is 2.72. The third kappa shape index (κ3) is 5.83. The molecule has 1 rings (SSSR count). The molecule has 104 valence electrons. The Kier molecular flexibility index (Phi) is 6.50. The number of nitriles is 1. The van der Waals surface area contributed by atoms with Crippen molar-refractivity contribution in [1.82, 2.24) is 4.72 Å². The van der Waals surface area contributed by atoms with E-state index in [0.717, 1.165) is 11.1 Å². The van der Waals surface area contributed by atoms with Crippen LogP contribution in [0.1, 0.15) is 30.4 Å². The highest BCUT2D eigenvalue weighted by Gasteiger charge is 2.10. The highest BCUT2D eigenvalue weighted by Crippen LogP contribution is 2.09. The maximum absolute atomic E-state index is 11.7. The van der Waals surface area contributed by atoms with E-state index in [4.69, 9.17) is 10.4 Å². The molecule has 0 spiro atoms. The molecular formula is C13H18N2O3S. The van der Waals surface area contributed by atoms with Gasteiger partial charge in [-0.05, 0) is 24.0 Å². The zero-order valence-corrected chi connectivity index (χ0v) is 11.5. The standard InChI is InChI=1S/C13H18N2O3S/c14-8-4-1-5-9-19(17,18)15-10-12-6-2-3-7-13(12)11-16/h2-3,6-7,15-16H,1,4-5,9-11H2. The van der Waals surface area contributed by atoms with Gasteiger partial charge in [0.2, 0.25) is 10.0 Å². The summed E-state index contributed by atoms with van der Waals surface area (Å²) >= 11 is 0. The fraction of sp³-hybridized carbons (Fsp3) is 0.462. The Morgan fingerprint density at radius 1 is 1.21 bits per heavy atom. The van der Waals surface area contributed by atoms with E-state index in [0.29, 0.717) is 19.3 Å². The Hall–Kier alpha value is -1.42. The molecule has 0 aliphatic heterocycles. The molecule has 6 heteroatoms. The lowest BCUT2D eigenvalue weighted by molar-refractivity contribution is 0.280. The molecule has 0 amide bonds. The number of hydrogen-bond donors (Lipinski definition) is 2. The minimum Gasteiger partial charge on any atom is -0.392 e. The Morgan fingerprint density at radius 3 is 2.53 bits per heavy atom. The summed E-state index contributed by atoms with van der Waals surface area (Å²) in [6, 6.07) is 9.12. The molecule has 0 saturated carbocycles. The van der Waals surface area contributed by atoms with E-state index in [1.165, 1.54) is 0 Å². The van der Waals surface area contributed by atoms with Gasteiger partial charge in [0.15, 0.2) is 0 Å². The first kappa shape index (κ1) is 15.6. The van der Waals surface area contributed by atoms with Gasteiger partial charge in [0.05, 0.1) is 18.4 Å². The van der Waals surface area contributed by atoms with Crippen LogP contribution in [-0.4, -0.2) is 19.3 Å². The summed E-state index contributed by atoms with van der Waals surface area (Å²) in [5, 5.41) is 17.5. The second-order valence-corrected chi connectivity index (χ2v) is 6.11. The quantitative estimate of drug-likeness (QED) is 0.703. The van der Waals surface area contributed by atoms with Crippen molar-refractivity contribution in [1.29, 1.82) is 5.26 Å². The molecule has 0 atom stereocenters. The number of nitrogens with zero attached hydrogens (tertiary/aromatic N) is 1. The van der Waals surface area contributed by atoms with Gasteiger partial charge in [-0.3, -0.25) is 0 Å². The number of hydrogen-bond acceptors (Lipinski definition) is 4. The monoisotopic (exact) mass is 282 g/mol. The maximum atomic E-state index is 11.7. The van der Waals surface area contributed by atoms with Gasteiger partial charge in [0.1, 0.15) is 0 Å². The number of aliphatic hydroxyl groups excluding tert-OH is 1. The average molecular weight is 282 g/mol. The van der Waals surface area contributed by atoms with Crippen LogP contribution in [0, 0.1) is 11.3 Å². The van der Waals surface area contributed by atoms with Crippen LogP contribution in [-0.2, 0) is 23.2 Å². The first-order valence-electron chi connectivity index (χ1n) is 6.11. The normalized spacial score (nSPS) is 11.2. The second-order valence-electron chi connectivity index (χ2n) is 4.18. The van der Waals surface area contributed by atoms with Gasteiger partial charge >= 0.3 is 0 Å². The number of rotatable bonds is 8. The fourth-order valence-electron chi connectivity index (χ4n) is 1.64. The molecule has 0 aliphatic rings. The van der Waals surface area contributed by atoms with Crippen LogP contribution in [0.2, 0.25) is 0 Å². The molecule has 0 aliphatic carbocycles. The van der Waals surface area contributed by atoms with E-state index in [9.17, 15) is 8.42 Å². The lowest BCUT2D eigenvalue weighted by Crippen LogP contribution is -2.26. The van der Waals surface area contributed by atoms with Crippen LogP contribution >= 0.6 is 0 Å². The SMILES string of the molecule is N#CCCCCS(=O)(=O)NCc1ccccc1CO. The van der Waals surface area contributed by atoms with Crippen LogP contribution in [0.3, 0.4) is 0 Å². The highest BCUT2D eigenvalue weighted by atomic mass is 32.2. The van der Waals surface area contributed by atoms with E-state index >= 15 is 0 Å². The minimum absolute atomic E-state index is 0.0238. The molecule has 19 heavy (non-hydrogen) atoms. The van der Waals surface area contributed by atoms with Crippen molar-refractivity contribution in [3.8, 4) is 6.07 Å². The molecule has 2 N–H and O–H groups in total. The van der Waals surface area contributed by atoms with Gasteiger partial charge in [0, 0.05) is 13.0 Å². The summed E-state index contributed by atoms with van der Waals surface area (Å²) in [6.07, 6.45) is 1.44. The minimum atomic E-state index is -3.33. The van der Waals surface area contributed by atoms with Crippen LogP contribution in [0.4, 0.5) is 0 Å². The van der Waals surface area contributed by atoms with E-state index in [1.54, 1.807) is 24.3 Å². The van der Waals surface area contributed by atoms with E-state index in [2.05, 4.69) is 4.72 Å². The number of sulfonamides is 1. The molecule has 5 nitrogen and oxygen atoms in total. The van der Waals surface area contributed by atoms with Crippen molar-refractivity contribution in [2.24, 2.45) is 0 Å². The van der Waals surface area contributed by atoms with Gasteiger partial charge in [-0.25, -0.2) is 13.1 Å².